The Balaban J connectivity index is 1.51. The van der Waals surface area contributed by atoms with Gasteiger partial charge in [-0.2, -0.15) is 0 Å². The van der Waals surface area contributed by atoms with Gasteiger partial charge in [0.15, 0.2) is 0 Å². The second-order valence-electron chi connectivity index (χ2n) is 7.19. The van der Waals surface area contributed by atoms with Crippen molar-refractivity contribution in [1.82, 2.24) is 9.80 Å². The van der Waals surface area contributed by atoms with E-state index in [9.17, 15) is 9.59 Å². The molecule has 5 nitrogen and oxygen atoms in total. The smallest absolute Gasteiger partial charge is 0.227 e. The minimum atomic E-state index is -0.100. The van der Waals surface area contributed by atoms with Crippen molar-refractivity contribution >= 4 is 29.1 Å². The number of halogens is 1. The number of carbonyl (C=O) groups is 2. The van der Waals surface area contributed by atoms with Gasteiger partial charge in [0, 0.05) is 50.4 Å². The molecule has 148 valence electrons. The first kappa shape index (κ1) is 20.4. The van der Waals surface area contributed by atoms with Gasteiger partial charge in [-0.15, -0.1) is 0 Å². The Morgan fingerprint density at radius 1 is 0.929 bits per heavy atom. The third-order valence-corrected chi connectivity index (χ3v) is 5.14. The SMILES string of the molecule is CC(=O)Nc1ccc(CC(=O)N2CCCN(Cc3ccc(Cl)cc3)CC2)cc1. The van der Waals surface area contributed by atoms with Crippen molar-refractivity contribution in [3.05, 3.63) is 64.7 Å². The van der Waals surface area contributed by atoms with Crippen molar-refractivity contribution in [2.24, 2.45) is 0 Å². The van der Waals surface area contributed by atoms with E-state index in [1.165, 1.54) is 12.5 Å². The van der Waals surface area contributed by atoms with Crippen LogP contribution in [0.3, 0.4) is 0 Å². The standard InChI is InChI=1S/C22H26ClN3O2/c1-17(27)24-21-9-5-18(6-10-21)15-22(28)26-12-2-11-25(13-14-26)16-19-3-7-20(23)8-4-19/h3-10H,2,11-16H2,1H3,(H,24,27). The van der Waals surface area contributed by atoms with Crippen LogP contribution in [0, 0.1) is 0 Å². The summed E-state index contributed by atoms with van der Waals surface area (Å²) < 4.78 is 0. The highest BCUT2D eigenvalue weighted by atomic mass is 35.5. The summed E-state index contributed by atoms with van der Waals surface area (Å²) in [6, 6.07) is 15.4. The number of carbonyl (C=O) groups excluding carboxylic acids is 2. The summed E-state index contributed by atoms with van der Waals surface area (Å²) in [6.07, 6.45) is 1.36. The maximum atomic E-state index is 12.7. The fourth-order valence-electron chi connectivity index (χ4n) is 3.42. The number of hydrogen-bond acceptors (Lipinski definition) is 3. The van der Waals surface area contributed by atoms with Crippen molar-refractivity contribution in [3.63, 3.8) is 0 Å². The molecule has 1 fully saturated rings. The van der Waals surface area contributed by atoms with Gasteiger partial charge in [-0.25, -0.2) is 0 Å². The molecule has 28 heavy (non-hydrogen) atoms. The van der Waals surface area contributed by atoms with Gasteiger partial charge < -0.3 is 10.2 Å². The maximum Gasteiger partial charge on any atom is 0.227 e. The average molecular weight is 400 g/mol. The zero-order valence-electron chi connectivity index (χ0n) is 16.2. The molecule has 0 saturated carbocycles. The Labute approximate surface area is 171 Å². The second kappa shape index (κ2) is 9.71. The molecular formula is C22H26ClN3O2. The molecule has 1 saturated heterocycles. The molecule has 3 rings (SSSR count). The predicted molar refractivity (Wildman–Crippen MR) is 112 cm³/mol. The minimum absolute atomic E-state index is 0.100. The number of nitrogens with zero attached hydrogens (tertiary/aromatic N) is 2. The van der Waals surface area contributed by atoms with Gasteiger partial charge in [0.1, 0.15) is 0 Å². The largest absolute Gasteiger partial charge is 0.341 e. The van der Waals surface area contributed by atoms with Crippen LogP contribution in [-0.4, -0.2) is 47.8 Å². The molecule has 0 spiro atoms. The van der Waals surface area contributed by atoms with E-state index < -0.39 is 0 Å². The lowest BCUT2D eigenvalue weighted by Crippen LogP contribution is -2.36. The third-order valence-electron chi connectivity index (χ3n) is 4.89. The molecule has 0 unspecified atom stereocenters. The Kier molecular flexibility index (Phi) is 7.06. The monoisotopic (exact) mass is 399 g/mol. The van der Waals surface area contributed by atoms with Gasteiger partial charge in [-0.05, 0) is 41.8 Å². The van der Waals surface area contributed by atoms with Crippen LogP contribution in [0.5, 0.6) is 0 Å². The highest BCUT2D eigenvalue weighted by Gasteiger charge is 2.19. The summed E-state index contributed by atoms with van der Waals surface area (Å²) in [6.45, 7) is 5.75. The third kappa shape index (κ3) is 6.08. The van der Waals surface area contributed by atoms with E-state index in [0.717, 1.165) is 55.4 Å². The molecule has 1 aliphatic heterocycles. The lowest BCUT2D eigenvalue weighted by Gasteiger charge is -2.22. The summed E-state index contributed by atoms with van der Waals surface area (Å²) in [4.78, 5) is 28.1. The Morgan fingerprint density at radius 3 is 2.29 bits per heavy atom. The van der Waals surface area contributed by atoms with Gasteiger partial charge in [0.2, 0.25) is 11.8 Å². The number of rotatable bonds is 5. The summed E-state index contributed by atoms with van der Waals surface area (Å²) in [5, 5.41) is 3.49. The van der Waals surface area contributed by atoms with Gasteiger partial charge in [-0.1, -0.05) is 35.9 Å². The van der Waals surface area contributed by atoms with E-state index in [1.807, 2.05) is 41.3 Å². The highest BCUT2D eigenvalue weighted by Crippen LogP contribution is 2.15. The fraction of sp³-hybridized carbons (Fsp3) is 0.364. The normalized spacial score (nSPS) is 15.1. The van der Waals surface area contributed by atoms with Gasteiger partial charge >= 0.3 is 0 Å². The molecule has 2 amide bonds. The summed E-state index contributed by atoms with van der Waals surface area (Å²) in [5.74, 6) is 0.0529. The number of amides is 2. The van der Waals surface area contributed by atoms with Crippen molar-refractivity contribution in [3.8, 4) is 0 Å². The Hall–Kier alpha value is -2.37. The Morgan fingerprint density at radius 2 is 1.61 bits per heavy atom. The van der Waals surface area contributed by atoms with Crippen LogP contribution in [0.2, 0.25) is 5.02 Å². The minimum Gasteiger partial charge on any atom is -0.341 e. The van der Waals surface area contributed by atoms with E-state index in [-0.39, 0.29) is 11.8 Å². The van der Waals surface area contributed by atoms with Crippen LogP contribution in [-0.2, 0) is 22.6 Å². The fourth-order valence-corrected chi connectivity index (χ4v) is 3.55. The number of anilines is 1. The number of hydrogen-bond donors (Lipinski definition) is 1. The van der Waals surface area contributed by atoms with Crippen molar-refractivity contribution in [1.29, 1.82) is 0 Å². The van der Waals surface area contributed by atoms with Crippen LogP contribution in [0.1, 0.15) is 24.5 Å². The highest BCUT2D eigenvalue weighted by molar-refractivity contribution is 6.30. The number of nitrogens with one attached hydrogen (secondary N) is 1. The predicted octanol–water partition coefficient (Wildman–Crippen LogP) is 3.58. The molecule has 2 aromatic carbocycles. The van der Waals surface area contributed by atoms with Crippen LogP contribution in [0.15, 0.2) is 48.5 Å². The lowest BCUT2D eigenvalue weighted by molar-refractivity contribution is -0.130. The van der Waals surface area contributed by atoms with Crippen LogP contribution < -0.4 is 5.32 Å². The topological polar surface area (TPSA) is 52.7 Å². The zero-order chi connectivity index (χ0) is 19.9. The van der Waals surface area contributed by atoms with Crippen LogP contribution in [0.25, 0.3) is 0 Å². The number of benzene rings is 2. The maximum absolute atomic E-state index is 12.7. The lowest BCUT2D eigenvalue weighted by atomic mass is 10.1. The van der Waals surface area contributed by atoms with Gasteiger partial charge in [0.05, 0.1) is 6.42 Å². The molecule has 1 N–H and O–H groups in total. The molecule has 0 bridgehead atoms. The molecule has 0 atom stereocenters. The van der Waals surface area contributed by atoms with E-state index in [2.05, 4.69) is 22.3 Å². The van der Waals surface area contributed by atoms with Crippen molar-refractivity contribution in [2.45, 2.75) is 26.3 Å². The second-order valence-corrected chi connectivity index (χ2v) is 7.63. The summed E-state index contributed by atoms with van der Waals surface area (Å²) in [5.41, 5.74) is 2.95. The summed E-state index contributed by atoms with van der Waals surface area (Å²) >= 11 is 5.96. The zero-order valence-corrected chi connectivity index (χ0v) is 16.9. The quantitative estimate of drug-likeness (QED) is 0.836. The molecule has 6 heteroatoms. The molecular weight excluding hydrogens is 374 g/mol. The summed E-state index contributed by atoms with van der Waals surface area (Å²) in [7, 11) is 0. The van der Waals surface area contributed by atoms with E-state index in [0.29, 0.717) is 6.42 Å². The first-order valence-corrected chi connectivity index (χ1v) is 9.98. The molecule has 1 heterocycles. The van der Waals surface area contributed by atoms with Crippen LogP contribution in [0.4, 0.5) is 5.69 Å². The first-order chi connectivity index (χ1) is 13.5. The molecule has 0 radical (unpaired) electrons. The van der Waals surface area contributed by atoms with Gasteiger partial charge in [-0.3, -0.25) is 14.5 Å². The average Bonchev–Trinajstić information content (AvgIpc) is 2.90. The van der Waals surface area contributed by atoms with Crippen LogP contribution >= 0.6 is 11.6 Å². The van der Waals surface area contributed by atoms with Crippen molar-refractivity contribution < 1.29 is 9.59 Å². The van der Waals surface area contributed by atoms with E-state index in [4.69, 9.17) is 11.6 Å². The van der Waals surface area contributed by atoms with Gasteiger partial charge in [0.25, 0.3) is 0 Å². The Bertz CT molecular complexity index is 806. The first-order valence-electron chi connectivity index (χ1n) is 9.61. The van der Waals surface area contributed by atoms with Crippen molar-refractivity contribution in [2.75, 3.05) is 31.5 Å². The molecule has 0 aliphatic carbocycles. The van der Waals surface area contributed by atoms with E-state index in [1.54, 1.807) is 0 Å². The van der Waals surface area contributed by atoms with E-state index >= 15 is 0 Å². The molecule has 0 aromatic heterocycles. The molecule has 2 aromatic rings. The molecule has 1 aliphatic rings.